The van der Waals surface area contributed by atoms with Crippen LogP contribution < -0.4 is 0 Å². The Morgan fingerprint density at radius 1 is 0.909 bits per heavy atom. The molecule has 2 rings (SSSR count). The number of hydrogen-bond donors (Lipinski definition) is 2. The molecule has 0 aliphatic carbocycles. The van der Waals surface area contributed by atoms with E-state index in [4.69, 9.17) is 4.74 Å². The number of esters is 1. The zero-order valence-electron chi connectivity index (χ0n) is 12.9. The number of hydrogen-bond acceptors (Lipinski definition) is 4. The largest absolute Gasteiger partial charge is 0.508 e. The molecule has 0 amide bonds. The van der Waals surface area contributed by atoms with Crippen LogP contribution in [0.15, 0.2) is 48.5 Å². The number of ether oxygens (including phenoxy) is 1. The van der Waals surface area contributed by atoms with Crippen molar-refractivity contribution in [2.75, 3.05) is 0 Å². The van der Waals surface area contributed by atoms with Gasteiger partial charge in [0.2, 0.25) is 0 Å². The third kappa shape index (κ3) is 3.06. The topological polar surface area (TPSA) is 66.8 Å². The van der Waals surface area contributed by atoms with Crippen LogP contribution in [0.1, 0.15) is 31.9 Å². The summed E-state index contributed by atoms with van der Waals surface area (Å²) >= 11 is 0. The van der Waals surface area contributed by atoms with Gasteiger partial charge in [0.05, 0.1) is 6.10 Å². The minimum absolute atomic E-state index is 0.133. The fourth-order valence-corrected chi connectivity index (χ4v) is 2.32. The van der Waals surface area contributed by atoms with E-state index in [1.807, 2.05) is 0 Å². The summed E-state index contributed by atoms with van der Waals surface area (Å²) < 4.78 is 5.42. The van der Waals surface area contributed by atoms with Crippen LogP contribution in [0.4, 0.5) is 0 Å². The van der Waals surface area contributed by atoms with E-state index in [0.29, 0.717) is 11.1 Å². The molecule has 2 aromatic carbocycles. The van der Waals surface area contributed by atoms with Crippen molar-refractivity contribution in [3.05, 3.63) is 59.7 Å². The Morgan fingerprint density at radius 2 is 1.27 bits per heavy atom. The number of phenols is 2. The molecule has 2 N–H and O–H groups in total. The zero-order chi connectivity index (χ0) is 16.3. The van der Waals surface area contributed by atoms with Crippen LogP contribution in [-0.4, -0.2) is 22.3 Å². The van der Waals surface area contributed by atoms with E-state index in [1.54, 1.807) is 45.0 Å². The molecule has 0 saturated carbocycles. The lowest BCUT2D eigenvalue weighted by Gasteiger charge is -2.29. The van der Waals surface area contributed by atoms with Gasteiger partial charge >= 0.3 is 5.97 Å². The Labute approximate surface area is 130 Å². The maximum Gasteiger partial charge on any atom is 0.321 e. The summed E-state index contributed by atoms with van der Waals surface area (Å²) in [6.07, 6.45) is -0.235. The molecule has 0 bridgehead atoms. The van der Waals surface area contributed by atoms with Crippen LogP contribution >= 0.6 is 0 Å². The third-order valence-corrected chi connectivity index (χ3v) is 3.64. The number of carbonyl (C=O) groups is 1. The molecule has 2 aromatic rings. The van der Waals surface area contributed by atoms with E-state index < -0.39 is 5.41 Å². The number of benzene rings is 2. The second kappa shape index (κ2) is 6.10. The molecule has 0 aromatic heterocycles. The molecule has 0 saturated heterocycles. The average molecular weight is 300 g/mol. The minimum Gasteiger partial charge on any atom is -0.508 e. The van der Waals surface area contributed by atoms with Gasteiger partial charge in [-0.15, -0.1) is 0 Å². The highest BCUT2D eigenvalue weighted by Crippen LogP contribution is 2.35. The summed E-state index contributed by atoms with van der Waals surface area (Å²) in [5.41, 5.74) is 0.398. The first kappa shape index (κ1) is 15.9. The van der Waals surface area contributed by atoms with Gasteiger partial charge in [-0.1, -0.05) is 24.3 Å². The molecule has 22 heavy (non-hydrogen) atoms. The van der Waals surface area contributed by atoms with Gasteiger partial charge in [0.1, 0.15) is 16.9 Å². The summed E-state index contributed by atoms with van der Waals surface area (Å²) in [6, 6.07) is 12.9. The molecule has 0 radical (unpaired) electrons. The summed E-state index contributed by atoms with van der Waals surface area (Å²) in [4.78, 5) is 12.7. The zero-order valence-corrected chi connectivity index (χ0v) is 12.9. The summed E-state index contributed by atoms with van der Waals surface area (Å²) in [5.74, 6) is -0.109. The van der Waals surface area contributed by atoms with Gasteiger partial charge in [-0.3, -0.25) is 4.79 Å². The number of rotatable bonds is 4. The summed E-state index contributed by atoms with van der Waals surface area (Å²) in [6.45, 7) is 5.37. The first-order valence-electron chi connectivity index (χ1n) is 7.14. The molecule has 0 heterocycles. The molecular weight excluding hydrogens is 280 g/mol. The SMILES string of the molecule is CC(C)OC(=O)C(C)(c1ccc(O)cc1)c1ccc(O)cc1. The van der Waals surface area contributed by atoms with Crippen molar-refractivity contribution in [3.8, 4) is 11.5 Å². The van der Waals surface area contributed by atoms with E-state index in [0.717, 1.165) is 0 Å². The van der Waals surface area contributed by atoms with Gasteiger partial charge in [-0.2, -0.15) is 0 Å². The molecular formula is C18H20O4. The predicted octanol–water partition coefficient (Wildman–Crippen LogP) is 3.36. The highest BCUT2D eigenvalue weighted by atomic mass is 16.5. The van der Waals surface area contributed by atoms with E-state index in [2.05, 4.69) is 0 Å². The van der Waals surface area contributed by atoms with E-state index >= 15 is 0 Å². The Kier molecular flexibility index (Phi) is 4.40. The molecule has 4 nitrogen and oxygen atoms in total. The van der Waals surface area contributed by atoms with Crippen LogP contribution in [0.25, 0.3) is 0 Å². The highest BCUT2D eigenvalue weighted by molar-refractivity contribution is 5.87. The van der Waals surface area contributed by atoms with Crippen LogP contribution in [-0.2, 0) is 14.9 Å². The molecule has 0 atom stereocenters. The second-order valence-corrected chi connectivity index (χ2v) is 5.67. The van der Waals surface area contributed by atoms with Crippen LogP contribution in [0.2, 0.25) is 0 Å². The predicted molar refractivity (Wildman–Crippen MR) is 83.9 cm³/mol. The van der Waals surface area contributed by atoms with Gasteiger partial charge < -0.3 is 14.9 Å². The quantitative estimate of drug-likeness (QED) is 0.850. The first-order chi connectivity index (χ1) is 10.3. The van der Waals surface area contributed by atoms with Crippen molar-refractivity contribution in [3.63, 3.8) is 0 Å². The maximum absolute atomic E-state index is 12.7. The van der Waals surface area contributed by atoms with E-state index in [-0.39, 0.29) is 23.6 Å². The molecule has 4 heteroatoms. The van der Waals surface area contributed by atoms with Crippen molar-refractivity contribution in [1.29, 1.82) is 0 Å². The number of carbonyl (C=O) groups excluding carboxylic acids is 1. The Morgan fingerprint density at radius 3 is 1.59 bits per heavy atom. The van der Waals surface area contributed by atoms with Crippen molar-refractivity contribution in [1.82, 2.24) is 0 Å². The molecule has 0 spiro atoms. The number of phenolic OH excluding ortho intramolecular Hbond substituents is 2. The Balaban J connectivity index is 2.55. The van der Waals surface area contributed by atoms with Gasteiger partial charge in [0.25, 0.3) is 0 Å². The van der Waals surface area contributed by atoms with Crippen molar-refractivity contribution in [2.24, 2.45) is 0 Å². The van der Waals surface area contributed by atoms with Gasteiger partial charge in [0, 0.05) is 0 Å². The lowest BCUT2D eigenvalue weighted by molar-refractivity contribution is -0.152. The smallest absolute Gasteiger partial charge is 0.321 e. The maximum atomic E-state index is 12.7. The van der Waals surface area contributed by atoms with Crippen molar-refractivity contribution < 1.29 is 19.7 Å². The van der Waals surface area contributed by atoms with Gasteiger partial charge in [0.15, 0.2) is 0 Å². The Hall–Kier alpha value is -2.49. The lowest BCUT2D eigenvalue weighted by Crippen LogP contribution is -2.37. The van der Waals surface area contributed by atoms with Crippen LogP contribution in [0, 0.1) is 0 Å². The number of aromatic hydroxyl groups is 2. The fraction of sp³-hybridized carbons (Fsp3) is 0.278. The highest BCUT2D eigenvalue weighted by Gasteiger charge is 2.39. The molecule has 0 aliphatic heterocycles. The van der Waals surface area contributed by atoms with Crippen molar-refractivity contribution >= 4 is 5.97 Å². The Bertz CT molecular complexity index is 596. The summed E-state index contributed by atoms with van der Waals surface area (Å²) in [5, 5.41) is 18.9. The average Bonchev–Trinajstić information content (AvgIpc) is 2.47. The molecule has 0 fully saturated rings. The summed E-state index contributed by atoms with van der Waals surface area (Å²) in [7, 11) is 0. The lowest BCUT2D eigenvalue weighted by atomic mass is 9.76. The van der Waals surface area contributed by atoms with Crippen molar-refractivity contribution in [2.45, 2.75) is 32.3 Å². The van der Waals surface area contributed by atoms with Gasteiger partial charge in [-0.25, -0.2) is 0 Å². The monoisotopic (exact) mass is 300 g/mol. The van der Waals surface area contributed by atoms with E-state index in [9.17, 15) is 15.0 Å². The minimum atomic E-state index is -1.02. The van der Waals surface area contributed by atoms with Gasteiger partial charge in [-0.05, 0) is 56.2 Å². The fourth-order valence-electron chi connectivity index (χ4n) is 2.32. The third-order valence-electron chi connectivity index (χ3n) is 3.64. The van der Waals surface area contributed by atoms with Crippen LogP contribution in [0.5, 0.6) is 11.5 Å². The standard InChI is InChI=1S/C18H20O4/c1-12(2)22-17(21)18(3,13-4-8-15(19)9-5-13)14-6-10-16(20)11-7-14/h4-12,19-20H,1-3H3. The molecule has 0 aliphatic rings. The van der Waals surface area contributed by atoms with Crippen LogP contribution in [0.3, 0.4) is 0 Å². The molecule has 116 valence electrons. The van der Waals surface area contributed by atoms with E-state index in [1.165, 1.54) is 24.3 Å². The normalized spacial score (nSPS) is 11.5. The first-order valence-corrected chi connectivity index (χ1v) is 7.14. The second-order valence-electron chi connectivity index (χ2n) is 5.67. The molecule has 0 unspecified atom stereocenters.